The summed E-state index contributed by atoms with van der Waals surface area (Å²) in [5.41, 5.74) is 2.75. The Morgan fingerprint density at radius 1 is 1.17 bits per heavy atom. The lowest BCUT2D eigenvalue weighted by molar-refractivity contribution is 0.522. The van der Waals surface area contributed by atoms with Crippen molar-refractivity contribution in [3.63, 3.8) is 0 Å². The van der Waals surface area contributed by atoms with Crippen molar-refractivity contribution in [1.82, 2.24) is 24.6 Å². The molecular formula is C21H22FN7S. The standard InChI is InChI=1S/C21H22FN7S/c1-2-16-11-19(24-13-23-16)28-9-7-17(8-10-28)25-20-27-29-12-18(26-21(29)30-20)14-3-5-15(22)6-4-14/h3-6,11-13,17H,2,7-10H2,1H3,(H,25,27). The first-order valence-electron chi connectivity index (χ1n) is 10.1. The number of hydrogen-bond acceptors (Lipinski definition) is 7. The quantitative estimate of drug-likeness (QED) is 0.523. The normalized spacial score (nSPS) is 15.1. The van der Waals surface area contributed by atoms with Crippen LogP contribution < -0.4 is 10.2 Å². The molecule has 0 amide bonds. The van der Waals surface area contributed by atoms with Gasteiger partial charge < -0.3 is 10.2 Å². The third kappa shape index (κ3) is 3.85. The van der Waals surface area contributed by atoms with E-state index in [9.17, 15) is 4.39 Å². The van der Waals surface area contributed by atoms with Crippen molar-refractivity contribution in [3.8, 4) is 11.3 Å². The number of nitrogens with zero attached hydrogens (tertiary/aromatic N) is 6. The topological polar surface area (TPSA) is 71.2 Å². The molecule has 4 aromatic rings. The maximum absolute atomic E-state index is 13.1. The summed E-state index contributed by atoms with van der Waals surface area (Å²) in [6, 6.07) is 8.81. The molecule has 1 aromatic carbocycles. The molecule has 0 saturated carbocycles. The highest BCUT2D eigenvalue weighted by molar-refractivity contribution is 7.20. The molecule has 9 heteroatoms. The van der Waals surface area contributed by atoms with Crippen LogP contribution in [0.25, 0.3) is 16.2 Å². The molecule has 1 N–H and O–H groups in total. The first kappa shape index (κ1) is 18.9. The van der Waals surface area contributed by atoms with Gasteiger partial charge in [-0.05, 0) is 43.5 Å². The molecule has 0 spiro atoms. The lowest BCUT2D eigenvalue weighted by Crippen LogP contribution is -2.39. The number of nitrogens with one attached hydrogen (secondary N) is 1. The first-order chi connectivity index (χ1) is 14.7. The first-order valence-corrected chi connectivity index (χ1v) is 10.9. The number of rotatable bonds is 5. The number of benzene rings is 1. The molecule has 1 aliphatic rings. The number of fused-ring (bicyclic) bond motifs is 1. The lowest BCUT2D eigenvalue weighted by atomic mass is 10.1. The van der Waals surface area contributed by atoms with Gasteiger partial charge in [-0.1, -0.05) is 18.3 Å². The summed E-state index contributed by atoms with van der Waals surface area (Å²) in [4.78, 5) is 16.5. The maximum Gasteiger partial charge on any atom is 0.214 e. The van der Waals surface area contributed by atoms with Gasteiger partial charge in [0.05, 0.1) is 11.9 Å². The Morgan fingerprint density at radius 2 is 1.97 bits per heavy atom. The van der Waals surface area contributed by atoms with Gasteiger partial charge in [0.15, 0.2) is 0 Å². The minimum Gasteiger partial charge on any atom is -0.357 e. The van der Waals surface area contributed by atoms with Crippen molar-refractivity contribution in [3.05, 3.63) is 54.4 Å². The summed E-state index contributed by atoms with van der Waals surface area (Å²) >= 11 is 1.53. The summed E-state index contributed by atoms with van der Waals surface area (Å²) in [5.74, 6) is 0.766. The molecule has 0 atom stereocenters. The summed E-state index contributed by atoms with van der Waals surface area (Å²) in [5, 5.41) is 9.05. The zero-order chi connectivity index (χ0) is 20.5. The smallest absolute Gasteiger partial charge is 0.214 e. The van der Waals surface area contributed by atoms with Crippen LogP contribution in [0.4, 0.5) is 15.3 Å². The molecule has 0 aliphatic carbocycles. The monoisotopic (exact) mass is 423 g/mol. The lowest BCUT2D eigenvalue weighted by Gasteiger charge is -2.33. The Bertz CT molecular complexity index is 1110. The second-order valence-electron chi connectivity index (χ2n) is 7.39. The van der Waals surface area contributed by atoms with Crippen LogP contribution in [0.3, 0.4) is 0 Å². The SMILES string of the molecule is CCc1cc(N2CCC(Nc3nn4cc(-c5ccc(F)cc5)nc4s3)CC2)ncn1. The molecule has 3 aromatic heterocycles. The third-order valence-corrected chi connectivity index (χ3v) is 6.25. The van der Waals surface area contributed by atoms with Crippen molar-refractivity contribution >= 4 is 27.2 Å². The van der Waals surface area contributed by atoms with E-state index in [0.29, 0.717) is 6.04 Å². The van der Waals surface area contributed by atoms with Gasteiger partial charge in [-0.15, -0.1) is 5.10 Å². The van der Waals surface area contributed by atoms with E-state index in [4.69, 9.17) is 0 Å². The van der Waals surface area contributed by atoms with Crippen LogP contribution in [0.1, 0.15) is 25.5 Å². The zero-order valence-corrected chi connectivity index (χ0v) is 17.4. The van der Waals surface area contributed by atoms with Gasteiger partial charge in [0.2, 0.25) is 10.1 Å². The van der Waals surface area contributed by atoms with Gasteiger partial charge in [-0.25, -0.2) is 23.9 Å². The third-order valence-electron chi connectivity index (χ3n) is 5.40. The van der Waals surface area contributed by atoms with Crippen molar-refractivity contribution in [1.29, 1.82) is 0 Å². The number of halogens is 1. The van der Waals surface area contributed by atoms with Crippen LogP contribution >= 0.6 is 11.3 Å². The number of anilines is 2. The molecule has 4 heterocycles. The number of aromatic nitrogens is 5. The van der Waals surface area contributed by atoms with Crippen molar-refractivity contribution in [2.75, 3.05) is 23.3 Å². The average Bonchev–Trinajstić information content (AvgIpc) is 3.33. The van der Waals surface area contributed by atoms with E-state index >= 15 is 0 Å². The van der Waals surface area contributed by atoms with E-state index in [1.165, 1.54) is 23.5 Å². The molecule has 0 unspecified atom stereocenters. The minimum atomic E-state index is -0.249. The van der Waals surface area contributed by atoms with Crippen LogP contribution in [0.5, 0.6) is 0 Å². The average molecular weight is 424 g/mol. The summed E-state index contributed by atoms with van der Waals surface area (Å²) < 4.78 is 14.9. The van der Waals surface area contributed by atoms with E-state index in [0.717, 1.165) is 65.2 Å². The van der Waals surface area contributed by atoms with Gasteiger partial charge in [-0.2, -0.15) is 0 Å². The minimum absolute atomic E-state index is 0.249. The molecule has 1 saturated heterocycles. The molecule has 30 heavy (non-hydrogen) atoms. The highest BCUT2D eigenvalue weighted by Gasteiger charge is 2.21. The highest BCUT2D eigenvalue weighted by atomic mass is 32.1. The number of hydrogen-bond donors (Lipinski definition) is 1. The van der Waals surface area contributed by atoms with Crippen molar-refractivity contribution in [2.24, 2.45) is 0 Å². The van der Waals surface area contributed by atoms with Gasteiger partial charge in [0, 0.05) is 36.5 Å². The predicted molar refractivity (Wildman–Crippen MR) is 117 cm³/mol. The van der Waals surface area contributed by atoms with Crippen LogP contribution in [-0.2, 0) is 6.42 Å². The van der Waals surface area contributed by atoms with Gasteiger partial charge in [0.1, 0.15) is 18.0 Å². The van der Waals surface area contributed by atoms with E-state index < -0.39 is 0 Å². The summed E-state index contributed by atoms with van der Waals surface area (Å²) in [6.45, 7) is 4.01. The molecule has 154 valence electrons. The molecule has 7 nitrogen and oxygen atoms in total. The summed E-state index contributed by atoms with van der Waals surface area (Å²) in [6.07, 6.45) is 6.50. The zero-order valence-electron chi connectivity index (χ0n) is 16.6. The van der Waals surface area contributed by atoms with Crippen LogP contribution in [-0.4, -0.2) is 43.7 Å². The molecule has 1 fully saturated rings. The Labute approximate surface area is 177 Å². The maximum atomic E-state index is 13.1. The van der Waals surface area contributed by atoms with E-state index in [2.05, 4.69) is 43.3 Å². The Balaban J connectivity index is 1.22. The van der Waals surface area contributed by atoms with E-state index in [1.807, 2.05) is 6.20 Å². The molecule has 0 bridgehead atoms. The Kier molecular flexibility index (Phi) is 5.04. The Hall–Kier alpha value is -3.07. The van der Waals surface area contributed by atoms with Gasteiger partial charge in [0.25, 0.3) is 0 Å². The number of imidazole rings is 1. The fraction of sp³-hybridized carbons (Fsp3) is 0.333. The Morgan fingerprint density at radius 3 is 2.70 bits per heavy atom. The largest absolute Gasteiger partial charge is 0.357 e. The van der Waals surface area contributed by atoms with Crippen LogP contribution in [0, 0.1) is 5.82 Å². The van der Waals surface area contributed by atoms with Gasteiger partial charge in [-0.3, -0.25) is 0 Å². The van der Waals surface area contributed by atoms with Crippen LogP contribution in [0.2, 0.25) is 0 Å². The predicted octanol–water partition coefficient (Wildman–Crippen LogP) is 4.03. The van der Waals surface area contributed by atoms with Crippen molar-refractivity contribution in [2.45, 2.75) is 32.2 Å². The fourth-order valence-electron chi connectivity index (χ4n) is 3.70. The molecule has 0 radical (unpaired) electrons. The van der Waals surface area contributed by atoms with E-state index in [-0.39, 0.29) is 5.82 Å². The fourth-order valence-corrected chi connectivity index (χ4v) is 4.56. The number of piperidine rings is 1. The number of aryl methyl sites for hydroxylation is 1. The van der Waals surface area contributed by atoms with Crippen LogP contribution in [0.15, 0.2) is 42.9 Å². The van der Waals surface area contributed by atoms with Crippen molar-refractivity contribution < 1.29 is 4.39 Å². The second kappa shape index (κ2) is 7.98. The molecule has 1 aliphatic heterocycles. The molecule has 5 rings (SSSR count). The second-order valence-corrected chi connectivity index (χ2v) is 8.35. The summed E-state index contributed by atoms with van der Waals surface area (Å²) in [7, 11) is 0. The highest BCUT2D eigenvalue weighted by Crippen LogP contribution is 2.27. The van der Waals surface area contributed by atoms with E-state index in [1.54, 1.807) is 23.0 Å². The molecular weight excluding hydrogens is 401 g/mol. The van der Waals surface area contributed by atoms with Gasteiger partial charge >= 0.3 is 0 Å².